The molecule has 0 spiro atoms. The zero-order valence-electron chi connectivity index (χ0n) is 10.6. The Morgan fingerprint density at radius 1 is 0.900 bits per heavy atom. The first-order chi connectivity index (χ1) is 8.95. The van der Waals surface area contributed by atoms with Crippen molar-refractivity contribution in [2.75, 3.05) is 0 Å². The molecule has 3 atom stereocenters. The molecule has 3 unspecified atom stereocenters. The van der Waals surface area contributed by atoms with Gasteiger partial charge < -0.3 is 0 Å². The third-order valence-corrected chi connectivity index (χ3v) is 5.71. The molecule has 0 amide bonds. The Kier molecular flexibility index (Phi) is 11.5. The van der Waals surface area contributed by atoms with Gasteiger partial charge in [-0.05, 0) is 35.4 Å². The third kappa shape index (κ3) is 12.9. The minimum absolute atomic E-state index is 0.141. The number of halogens is 8. The molecule has 0 N–H and O–H groups in total. The van der Waals surface area contributed by atoms with Crippen LogP contribution in [0.5, 0.6) is 0 Å². The molecule has 20 heavy (non-hydrogen) atoms. The molecule has 0 radical (unpaired) electrons. The Balaban J connectivity index is 4.23. The number of allylic oxidation sites excluding steroid dienone is 1. The molecule has 0 rings (SSSR count). The van der Waals surface area contributed by atoms with Gasteiger partial charge in [0.05, 0.1) is 0 Å². The lowest BCUT2D eigenvalue weighted by atomic mass is 10.0. The van der Waals surface area contributed by atoms with E-state index in [4.69, 9.17) is 0 Å². The zero-order chi connectivity index (χ0) is 16.0. The van der Waals surface area contributed by atoms with E-state index in [0.29, 0.717) is 12.8 Å². The maximum absolute atomic E-state index is 13.8. The van der Waals surface area contributed by atoms with Gasteiger partial charge in [-0.3, -0.25) is 0 Å². The zero-order valence-corrected chi connectivity index (χ0v) is 19.2. The maximum atomic E-state index is 13.8. The Hall–Kier alpha value is 2.38. The number of hydrogen-bond donors (Lipinski definition) is 0. The monoisotopic (exact) mass is 744 g/mol. The summed E-state index contributed by atoms with van der Waals surface area (Å²) in [6.07, 6.45) is 1.85. The van der Waals surface area contributed by atoms with Gasteiger partial charge in [0.1, 0.15) is 0 Å². The molecule has 0 aliphatic heterocycles. The van der Waals surface area contributed by atoms with E-state index >= 15 is 0 Å². The maximum Gasteiger partial charge on any atom is 0.297 e. The van der Waals surface area contributed by atoms with Crippen molar-refractivity contribution in [1.29, 1.82) is 0 Å². The smallest absolute Gasteiger partial charge is 0.207 e. The first-order valence-corrected chi connectivity index (χ1v) is 10.7. The van der Waals surface area contributed by atoms with Gasteiger partial charge >= 0.3 is 0 Å². The van der Waals surface area contributed by atoms with E-state index in [0.717, 1.165) is 22.6 Å². The van der Waals surface area contributed by atoms with Crippen LogP contribution in [0, 0.1) is 0 Å². The van der Waals surface area contributed by atoms with Gasteiger partial charge in [0.15, 0.2) is 0 Å². The van der Waals surface area contributed by atoms with Gasteiger partial charge in [-0.2, -0.15) is 8.78 Å². The largest absolute Gasteiger partial charge is 0.297 e. The Labute approximate surface area is 172 Å². The van der Waals surface area contributed by atoms with Crippen molar-refractivity contribution < 1.29 is 17.6 Å². The average molecular weight is 744 g/mol. The summed E-state index contributed by atoms with van der Waals surface area (Å²) in [6, 6.07) is 0. The molecule has 8 heteroatoms. The highest BCUT2D eigenvalue weighted by atomic mass is 127. The summed E-state index contributed by atoms with van der Waals surface area (Å²) in [4.78, 5) is 0. The van der Waals surface area contributed by atoms with Crippen LogP contribution in [0.1, 0.15) is 32.1 Å². The Morgan fingerprint density at radius 3 is 1.80 bits per heavy atom. The first-order valence-electron chi connectivity index (χ1n) is 5.93. The molecule has 120 valence electrons. The molecule has 0 nitrogen and oxygen atoms in total. The van der Waals surface area contributed by atoms with E-state index in [-0.39, 0.29) is 31.0 Å². The van der Waals surface area contributed by atoms with Crippen LogP contribution in [-0.2, 0) is 0 Å². The first kappa shape index (κ1) is 22.4. The fourth-order valence-corrected chi connectivity index (χ4v) is 7.47. The standard InChI is InChI=1S/C12H16F4I4/c1-2-3-8(17)5-11(13,14)6-9(18)4-10(19)7-12(15,16)20/h2,8-10H,1,3-7H2. The summed E-state index contributed by atoms with van der Waals surface area (Å²) >= 11 is 6.96. The van der Waals surface area contributed by atoms with Crippen LogP contribution >= 0.6 is 90.4 Å². The number of alkyl halides is 8. The summed E-state index contributed by atoms with van der Waals surface area (Å²) in [5.74, 6) is -2.75. The summed E-state index contributed by atoms with van der Waals surface area (Å²) in [7, 11) is 0. The summed E-state index contributed by atoms with van der Waals surface area (Å²) in [6.45, 7) is 3.54. The lowest BCUT2D eigenvalue weighted by Gasteiger charge is -2.23. The molecule has 0 aliphatic rings. The number of hydrogen-bond acceptors (Lipinski definition) is 0. The van der Waals surface area contributed by atoms with Gasteiger partial charge in [0, 0.05) is 31.0 Å². The van der Waals surface area contributed by atoms with Crippen LogP contribution in [0.4, 0.5) is 17.6 Å². The molecule has 0 fully saturated rings. The summed E-state index contributed by atoms with van der Waals surface area (Å²) in [5, 5.41) is 0. The average Bonchev–Trinajstić information content (AvgIpc) is 2.10. The molecule has 0 aromatic carbocycles. The van der Waals surface area contributed by atoms with E-state index in [1.165, 1.54) is 0 Å². The number of rotatable bonds is 10. The van der Waals surface area contributed by atoms with E-state index < -0.39 is 9.85 Å². The fraction of sp³-hybridized carbons (Fsp3) is 0.833. The molecule has 0 aliphatic carbocycles. The van der Waals surface area contributed by atoms with Crippen molar-refractivity contribution in [2.45, 2.75) is 53.7 Å². The van der Waals surface area contributed by atoms with Crippen LogP contribution < -0.4 is 0 Å². The third-order valence-electron chi connectivity index (χ3n) is 2.43. The Bertz CT molecular complexity index is 294. The van der Waals surface area contributed by atoms with Crippen LogP contribution in [0.3, 0.4) is 0 Å². The summed E-state index contributed by atoms with van der Waals surface area (Å²) < 4.78 is 49.9. The predicted molar refractivity (Wildman–Crippen MR) is 111 cm³/mol. The second-order valence-corrected chi connectivity index (χ2v) is 11.5. The van der Waals surface area contributed by atoms with Crippen LogP contribution in [0.15, 0.2) is 12.7 Å². The quantitative estimate of drug-likeness (QED) is 0.0963. The minimum Gasteiger partial charge on any atom is -0.207 e. The normalized spacial score (nSPS) is 17.6. The Morgan fingerprint density at radius 2 is 1.35 bits per heavy atom. The molecule has 0 saturated heterocycles. The second-order valence-electron chi connectivity index (χ2n) is 4.64. The van der Waals surface area contributed by atoms with E-state index in [1.54, 1.807) is 6.08 Å². The minimum atomic E-state index is -2.76. The van der Waals surface area contributed by atoms with Crippen molar-refractivity contribution in [1.82, 2.24) is 0 Å². The highest BCUT2D eigenvalue weighted by molar-refractivity contribution is 14.1. The highest BCUT2D eigenvalue weighted by Crippen LogP contribution is 2.37. The van der Waals surface area contributed by atoms with Crippen LogP contribution in [0.25, 0.3) is 0 Å². The van der Waals surface area contributed by atoms with Gasteiger partial charge in [0.2, 0.25) is 5.92 Å². The van der Waals surface area contributed by atoms with Gasteiger partial charge in [0.25, 0.3) is 3.93 Å². The van der Waals surface area contributed by atoms with Crippen molar-refractivity contribution in [3.8, 4) is 0 Å². The van der Waals surface area contributed by atoms with Crippen molar-refractivity contribution >= 4 is 90.4 Å². The van der Waals surface area contributed by atoms with Crippen LogP contribution in [-0.4, -0.2) is 21.6 Å². The SMILES string of the molecule is C=CCC(I)CC(F)(F)CC(I)CC(I)CC(F)(F)I. The van der Waals surface area contributed by atoms with E-state index in [2.05, 4.69) is 6.58 Å². The molecule has 0 saturated carbocycles. The fourth-order valence-electron chi connectivity index (χ4n) is 1.69. The molecular weight excluding hydrogens is 728 g/mol. The lowest BCUT2D eigenvalue weighted by molar-refractivity contribution is -0.0146. The van der Waals surface area contributed by atoms with E-state index in [1.807, 2.05) is 67.8 Å². The molecular formula is C12H16F4I4. The van der Waals surface area contributed by atoms with Crippen molar-refractivity contribution in [2.24, 2.45) is 0 Å². The lowest BCUT2D eigenvalue weighted by Crippen LogP contribution is -2.26. The van der Waals surface area contributed by atoms with Gasteiger partial charge in [-0.15, -0.1) is 6.58 Å². The predicted octanol–water partition coefficient (Wildman–Crippen LogP) is 7.20. The summed E-state index contributed by atoms with van der Waals surface area (Å²) in [5.41, 5.74) is 0. The van der Waals surface area contributed by atoms with Crippen LogP contribution in [0.2, 0.25) is 0 Å². The highest BCUT2D eigenvalue weighted by Gasteiger charge is 2.35. The van der Waals surface area contributed by atoms with Crippen molar-refractivity contribution in [3.05, 3.63) is 12.7 Å². The van der Waals surface area contributed by atoms with Crippen molar-refractivity contribution in [3.63, 3.8) is 0 Å². The second kappa shape index (κ2) is 10.3. The van der Waals surface area contributed by atoms with E-state index in [9.17, 15) is 17.6 Å². The topological polar surface area (TPSA) is 0 Å². The molecule has 0 aromatic rings. The molecule has 0 heterocycles. The van der Waals surface area contributed by atoms with Gasteiger partial charge in [-0.25, -0.2) is 8.78 Å². The molecule has 0 aromatic heterocycles. The molecule has 0 bridgehead atoms. The van der Waals surface area contributed by atoms with Gasteiger partial charge in [-0.1, -0.05) is 73.8 Å².